The molecule has 1 amide bonds. The van der Waals surface area contributed by atoms with Gasteiger partial charge in [0.05, 0.1) is 0 Å². The molecule has 3 nitrogen and oxygen atoms in total. The monoisotopic (exact) mass is 357 g/mol. The van der Waals surface area contributed by atoms with Crippen molar-refractivity contribution in [1.82, 2.24) is 5.32 Å². The first-order valence-electron chi connectivity index (χ1n) is 9.00. The highest BCUT2D eigenvalue weighted by Gasteiger charge is 2.26. The molecule has 0 aromatic heterocycles. The third-order valence-electron chi connectivity index (χ3n) is 5.03. The molecule has 1 aliphatic rings. The minimum absolute atomic E-state index is 0.122. The van der Waals surface area contributed by atoms with E-state index in [-0.39, 0.29) is 17.1 Å². The molecule has 2 N–H and O–H groups in total. The molecule has 0 radical (unpaired) electrons. The van der Waals surface area contributed by atoms with Crippen molar-refractivity contribution in [2.24, 2.45) is 5.41 Å². The lowest BCUT2D eigenvalue weighted by Gasteiger charge is -2.32. The fourth-order valence-electron chi connectivity index (χ4n) is 3.46. The predicted octanol–water partition coefficient (Wildman–Crippen LogP) is 5.15. The van der Waals surface area contributed by atoms with Crippen LogP contribution in [0.2, 0.25) is 0 Å². The summed E-state index contributed by atoms with van der Waals surface area (Å²) < 4.78 is 14.7. The lowest BCUT2D eigenvalue weighted by molar-refractivity contribution is 0.0910. The maximum absolute atomic E-state index is 14.7. The number of rotatable bonds is 5. The van der Waals surface area contributed by atoms with Gasteiger partial charge in [0.15, 0.2) is 0 Å². The number of allylic oxidation sites excluding steroid dienone is 5. The van der Waals surface area contributed by atoms with Crippen LogP contribution in [0, 0.1) is 5.41 Å². The number of halogens is 1. The van der Waals surface area contributed by atoms with Gasteiger partial charge in [-0.2, -0.15) is 0 Å². The van der Waals surface area contributed by atoms with Crippen LogP contribution < -0.4 is 5.32 Å². The molecule has 1 aliphatic carbocycles. The van der Waals surface area contributed by atoms with Gasteiger partial charge in [-0.15, -0.1) is 0 Å². The highest BCUT2D eigenvalue weighted by atomic mass is 19.1. The van der Waals surface area contributed by atoms with Gasteiger partial charge < -0.3 is 10.4 Å². The number of amides is 1. The number of aliphatic hydroxyl groups is 1. The van der Waals surface area contributed by atoms with Crippen LogP contribution in [-0.4, -0.2) is 17.7 Å². The first kappa shape index (κ1) is 20.1. The summed E-state index contributed by atoms with van der Waals surface area (Å²) in [6.07, 6.45) is 7.34. The molecule has 1 aromatic rings. The van der Waals surface area contributed by atoms with Gasteiger partial charge in [0.25, 0.3) is 5.91 Å². The third-order valence-corrected chi connectivity index (χ3v) is 5.03. The quantitative estimate of drug-likeness (QED) is 0.565. The van der Waals surface area contributed by atoms with E-state index in [4.69, 9.17) is 5.11 Å². The molecular formula is C22H28FNO2. The second-order valence-electron chi connectivity index (χ2n) is 7.50. The van der Waals surface area contributed by atoms with Crippen molar-refractivity contribution in [3.63, 3.8) is 0 Å². The van der Waals surface area contributed by atoms with Gasteiger partial charge in [-0.3, -0.25) is 4.79 Å². The van der Waals surface area contributed by atoms with E-state index < -0.39 is 6.73 Å². The molecule has 0 bridgehead atoms. The summed E-state index contributed by atoms with van der Waals surface area (Å²) in [5, 5.41) is 11.0. The molecule has 26 heavy (non-hydrogen) atoms. The van der Waals surface area contributed by atoms with Crippen molar-refractivity contribution in [2.45, 2.75) is 47.0 Å². The Morgan fingerprint density at radius 1 is 1.27 bits per heavy atom. The Balaban J connectivity index is 2.22. The fraction of sp³-hybridized carbons (Fsp3) is 0.409. The van der Waals surface area contributed by atoms with E-state index in [1.165, 1.54) is 17.6 Å². The normalized spacial score (nSPS) is 18.1. The molecule has 0 aliphatic heterocycles. The minimum atomic E-state index is -0.426. The number of carbonyl (C=O) groups is 1. The fourth-order valence-corrected chi connectivity index (χ4v) is 3.46. The van der Waals surface area contributed by atoms with Crippen LogP contribution in [0.4, 0.5) is 4.39 Å². The average molecular weight is 357 g/mol. The average Bonchev–Trinajstić information content (AvgIpc) is 2.60. The van der Waals surface area contributed by atoms with Gasteiger partial charge in [-0.25, -0.2) is 4.39 Å². The van der Waals surface area contributed by atoms with Gasteiger partial charge >= 0.3 is 0 Å². The van der Waals surface area contributed by atoms with Crippen LogP contribution in [0.3, 0.4) is 0 Å². The molecule has 1 aromatic carbocycles. The number of carbonyl (C=O) groups excluding carboxylic acids is 1. The number of nitrogens with one attached hydrogen (secondary N) is 1. The van der Waals surface area contributed by atoms with E-state index in [1.807, 2.05) is 12.2 Å². The summed E-state index contributed by atoms with van der Waals surface area (Å²) >= 11 is 0. The van der Waals surface area contributed by atoms with Crippen molar-refractivity contribution in [3.8, 4) is 0 Å². The molecule has 0 saturated carbocycles. The number of benzene rings is 1. The molecular weight excluding hydrogens is 329 g/mol. The van der Waals surface area contributed by atoms with Gasteiger partial charge in [0.2, 0.25) is 0 Å². The van der Waals surface area contributed by atoms with Crippen LogP contribution >= 0.6 is 0 Å². The highest BCUT2D eigenvalue weighted by Crippen LogP contribution is 2.41. The van der Waals surface area contributed by atoms with Gasteiger partial charge in [0.1, 0.15) is 12.6 Å². The Morgan fingerprint density at radius 2 is 1.88 bits per heavy atom. The summed E-state index contributed by atoms with van der Waals surface area (Å²) in [7, 11) is 0. The molecule has 0 fully saturated rings. The standard InChI is InChI=1S/C22H28FNO2/c1-15-6-5-13-22(3,4)19(15)12-7-16(2)20(23)17-8-10-18(11-9-17)21(26)24-14-25/h7-12,25H,5-6,13-14H2,1-4H3,(H,24,26). The van der Waals surface area contributed by atoms with E-state index in [0.29, 0.717) is 16.7 Å². The summed E-state index contributed by atoms with van der Waals surface area (Å²) in [6.45, 7) is 7.96. The van der Waals surface area contributed by atoms with E-state index in [1.54, 1.807) is 31.2 Å². The zero-order valence-electron chi connectivity index (χ0n) is 16.0. The van der Waals surface area contributed by atoms with Crippen LogP contribution in [0.1, 0.15) is 62.9 Å². The molecule has 0 saturated heterocycles. The van der Waals surface area contributed by atoms with Crippen molar-refractivity contribution < 1.29 is 14.3 Å². The lowest BCUT2D eigenvalue weighted by Crippen LogP contribution is -2.23. The first-order chi connectivity index (χ1) is 12.3. The zero-order chi connectivity index (χ0) is 19.3. The van der Waals surface area contributed by atoms with Crippen LogP contribution in [0.25, 0.3) is 5.83 Å². The van der Waals surface area contributed by atoms with E-state index in [0.717, 1.165) is 12.8 Å². The third kappa shape index (κ3) is 4.70. The van der Waals surface area contributed by atoms with Gasteiger partial charge in [-0.1, -0.05) is 43.7 Å². The van der Waals surface area contributed by atoms with Crippen molar-refractivity contribution in [1.29, 1.82) is 0 Å². The van der Waals surface area contributed by atoms with Crippen molar-refractivity contribution >= 4 is 11.7 Å². The topological polar surface area (TPSA) is 49.3 Å². The summed E-state index contributed by atoms with van der Waals surface area (Å²) in [5.74, 6) is -0.691. The highest BCUT2D eigenvalue weighted by molar-refractivity contribution is 5.94. The molecule has 0 atom stereocenters. The first-order valence-corrected chi connectivity index (χ1v) is 9.00. The summed E-state index contributed by atoms with van der Waals surface area (Å²) in [6, 6.07) is 6.25. The summed E-state index contributed by atoms with van der Waals surface area (Å²) in [5.41, 5.74) is 4.17. The largest absolute Gasteiger partial charge is 0.376 e. The van der Waals surface area contributed by atoms with Crippen LogP contribution in [0.5, 0.6) is 0 Å². The second-order valence-corrected chi connectivity index (χ2v) is 7.50. The lowest BCUT2D eigenvalue weighted by atomic mass is 9.72. The minimum Gasteiger partial charge on any atom is -0.376 e. The van der Waals surface area contributed by atoms with E-state index in [9.17, 15) is 9.18 Å². The Labute approximate surface area is 155 Å². The van der Waals surface area contributed by atoms with E-state index >= 15 is 0 Å². The molecule has 0 unspecified atom stereocenters. The van der Waals surface area contributed by atoms with E-state index in [2.05, 4.69) is 26.1 Å². The summed E-state index contributed by atoms with van der Waals surface area (Å²) in [4.78, 5) is 11.6. The Kier molecular flexibility index (Phi) is 6.54. The van der Waals surface area contributed by atoms with Crippen molar-refractivity contribution in [3.05, 3.63) is 64.3 Å². The molecule has 0 heterocycles. The van der Waals surface area contributed by atoms with Crippen LogP contribution in [0.15, 0.2) is 53.1 Å². The van der Waals surface area contributed by atoms with Crippen molar-refractivity contribution in [2.75, 3.05) is 6.73 Å². The van der Waals surface area contributed by atoms with Crippen LogP contribution in [-0.2, 0) is 0 Å². The predicted molar refractivity (Wildman–Crippen MR) is 104 cm³/mol. The van der Waals surface area contributed by atoms with Gasteiger partial charge in [-0.05, 0) is 61.8 Å². The Bertz CT molecular complexity index is 755. The Morgan fingerprint density at radius 3 is 2.46 bits per heavy atom. The molecule has 140 valence electrons. The smallest absolute Gasteiger partial charge is 0.253 e. The number of hydrogen-bond acceptors (Lipinski definition) is 2. The molecule has 2 rings (SSSR count). The maximum Gasteiger partial charge on any atom is 0.253 e. The zero-order valence-corrected chi connectivity index (χ0v) is 16.0. The second kappa shape index (κ2) is 8.45. The molecule has 4 heteroatoms. The number of hydrogen-bond donors (Lipinski definition) is 2. The molecule has 0 spiro atoms. The number of aliphatic hydroxyl groups excluding tert-OH is 1. The maximum atomic E-state index is 14.7. The SMILES string of the molecule is CC(C=CC1=C(C)CCCC1(C)C)=C(F)c1ccc(C(=O)NCO)cc1. The Hall–Kier alpha value is -2.20. The van der Waals surface area contributed by atoms with Gasteiger partial charge in [0, 0.05) is 11.1 Å².